The van der Waals surface area contributed by atoms with E-state index in [0.717, 1.165) is 33.2 Å². The molecular formula is C22H20N2O. The zero-order valence-electron chi connectivity index (χ0n) is 14.7. The van der Waals surface area contributed by atoms with Gasteiger partial charge in [0.25, 0.3) is 0 Å². The van der Waals surface area contributed by atoms with Gasteiger partial charge in [-0.1, -0.05) is 31.2 Å². The molecule has 0 spiro atoms. The molecule has 2 aromatic heterocycles. The Morgan fingerprint density at radius 1 is 1.00 bits per heavy atom. The number of methoxy groups -OCH3 is 1. The average molecular weight is 328 g/mol. The van der Waals surface area contributed by atoms with Crippen molar-refractivity contribution in [2.24, 2.45) is 0 Å². The first kappa shape index (κ1) is 15.6. The van der Waals surface area contributed by atoms with Gasteiger partial charge in [-0.25, -0.2) is 4.98 Å². The van der Waals surface area contributed by atoms with Crippen molar-refractivity contribution in [2.75, 3.05) is 7.11 Å². The molecular weight excluding hydrogens is 308 g/mol. The Morgan fingerprint density at radius 3 is 2.72 bits per heavy atom. The average Bonchev–Trinajstić information content (AvgIpc) is 2.67. The van der Waals surface area contributed by atoms with Crippen molar-refractivity contribution in [3.8, 4) is 5.75 Å². The minimum absolute atomic E-state index is 0.194. The van der Waals surface area contributed by atoms with Crippen LogP contribution < -0.4 is 4.74 Å². The van der Waals surface area contributed by atoms with E-state index in [1.54, 1.807) is 7.11 Å². The predicted molar refractivity (Wildman–Crippen MR) is 102 cm³/mol. The van der Waals surface area contributed by atoms with Gasteiger partial charge in [0, 0.05) is 28.6 Å². The van der Waals surface area contributed by atoms with Gasteiger partial charge < -0.3 is 4.74 Å². The molecule has 1 atom stereocenters. The molecule has 0 bridgehead atoms. The van der Waals surface area contributed by atoms with Crippen LogP contribution in [0.3, 0.4) is 0 Å². The summed E-state index contributed by atoms with van der Waals surface area (Å²) in [5.74, 6) is 1.01. The zero-order chi connectivity index (χ0) is 17.4. The van der Waals surface area contributed by atoms with Crippen molar-refractivity contribution in [3.05, 3.63) is 77.6 Å². The van der Waals surface area contributed by atoms with Gasteiger partial charge in [0.2, 0.25) is 0 Å². The SMILES string of the molecule is COc1ccc(C)c2ccc(C(C)c3ccc4ncccc4c3)nc12. The van der Waals surface area contributed by atoms with Crippen LogP contribution in [0.1, 0.15) is 29.7 Å². The lowest BCUT2D eigenvalue weighted by Gasteiger charge is -2.15. The number of ether oxygens (including phenoxy) is 1. The van der Waals surface area contributed by atoms with E-state index in [2.05, 4.69) is 61.3 Å². The number of fused-ring (bicyclic) bond motifs is 2. The molecule has 0 saturated heterocycles. The summed E-state index contributed by atoms with van der Waals surface area (Å²) in [6.45, 7) is 4.29. The van der Waals surface area contributed by atoms with Crippen LogP contribution in [0.4, 0.5) is 0 Å². The van der Waals surface area contributed by atoms with Crippen LogP contribution in [-0.4, -0.2) is 17.1 Å². The molecule has 3 heteroatoms. The number of pyridine rings is 2. The van der Waals surface area contributed by atoms with Crippen LogP contribution in [0.5, 0.6) is 5.75 Å². The van der Waals surface area contributed by atoms with Crippen LogP contribution in [-0.2, 0) is 0 Å². The largest absolute Gasteiger partial charge is 0.494 e. The minimum atomic E-state index is 0.194. The molecule has 0 saturated carbocycles. The molecule has 2 heterocycles. The van der Waals surface area contributed by atoms with Gasteiger partial charge in [-0.05, 0) is 48.4 Å². The molecule has 0 aliphatic heterocycles. The summed E-state index contributed by atoms with van der Waals surface area (Å²) < 4.78 is 5.51. The number of hydrogen-bond donors (Lipinski definition) is 0. The Balaban J connectivity index is 1.82. The quantitative estimate of drug-likeness (QED) is 0.515. The third kappa shape index (κ3) is 2.72. The molecule has 2 aromatic carbocycles. The number of rotatable bonds is 3. The second-order valence-electron chi connectivity index (χ2n) is 6.39. The molecule has 4 rings (SSSR count). The van der Waals surface area contributed by atoms with E-state index >= 15 is 0 Å². The summed E-state index contributed by atoms with van der Waals surface area (Å²) in [7, 11) is 1.69. The summed E-state index contributed by atoms with van der Waals surface area (Å²) >= 11 is 0. The Bertz CT molecular complexity index is 1070. The monoisotopic (exact) mass is 328 g/mol. The second-order valence-corrected chi connectivity index (χ2v) is 6.39. The second kappa shape index (κ2) is 6.17. The topological polar surface area (TPSA) is 35.0 Å². The fourth-order valence-electron chi connectivity index (χ4n) is 3.29. The van der Waals surface area contributed by atoms with Crippen molar-refractivity contribution in [1.29, 1.82) is 0 Å². The van der Waals surface area contributed by atoms with Crippen molar-refractivity contribution in [2.45, 2.75) is 19.8 Å². The Labute approximate surface area is 147 Å². The number of hydrogen-bond acceptors (Lipinski definition) is 3. The van der Waals surface area contributed by atoms with Crippen molar-refractivity contribution < 1.29 is 4.74 Å². The predicted octanol–water partition coefficient (Wildman–Crippen LogP) is 5.25. The number of nitrogens with zero attached hydrogens (tertiary/aromatic N) is 2. The van der Waals surface area contributed by atoms with Gasteiger partial charge in [0.1, 0.15) is 11.3 Å². The van der Waals surface area contributed by atoms with Crippen LogP contribution in [0.15, 0.2) is 60.8 Å². The molecule has 1 unspecified atom stereocenters. The molecule has 25 heavy (non-hydrogen) atoms. The van der Waals surface area contributed by atoms with Gasteiger partial charge in [0.15, 0.2) is 0 Å². The number of aromatic nitrogens is 2. The summed E-state index contributed by atoms with van der Waals surface area (Å²) in [6, 6.07) is 18.8. The van der Waals surface area contributed by atoms with Crippen LogP contribution in [0, 0.1) is 6.92 Å². The fraction of sp³-hybridized carbons (Fsp3) is 0.182. The lowest BCUT2D eigenvalue weighted by Crippen LogP contribution is -2.01. The molecule has 0 N–H and O–H groups in total. The van der Waals surface area contributed by atoms with E-state index in [0.29, 0.717) is 0 Å². The molecule has 4 aromatic rings. The van der Waals surface area contributed by atoms with E-state index in [-0.39, 0.29) is 5.92 Å². The van der Waals surface area contributed by atoms with Gasteiger partial charge in [-0.15, -0.1) is 0 Å². The lowest BCUT2D eigenvalue weighted by atomic mass is 9.95. The van der Waals surface area contributed by atoms with Gasteiger partial charge in [-0.3, -0.25) is 4.98 Å². The van der Waals surface area contributed by atoms with E-state index < -0.39 is 0 Å². The molecule has 0 aliphatic carbocycles. The molecule has 3 nitrogen and oxygen atoms in total. The first-order valence-corrected chi connectivity index (χ1v) is 8.46. The Kier molecular flexibility index (Phi) is 3.85. The van der Waals surface area contributed by atoms with Gasteiger partial charge >= 0.3 is 0 Å². The van der Waals surface area contributed by atoms with Crippen molar-refractivity contribution in [1.82, 2.24) is 9.97 Å². The molecule has 0 aliphatic rings. The fourth-order valence-corrected chi connectivity index (χ4v) is 3.29. The summed E-state index contributed by atoms with van der Waals surface area (Å²) in [5, 5.41) is 2.29. The Morgan fingerprint density at radius 2 is 1.88 bits per heavy atom. The third-order valence-corrected chi connectivity index (χ3v) is 4.85. The van der Waals surface area contributed by atoms with Gasteiger partial charge in [-0.2, -0.15) is 0 Å². The standard InChI is InChI=1S/C22H20N2O/c1-14-6-11-21(25-3)22-18(14)8-10-19(24-22)15(2)16-7-9-20-17(13-16)5-4-12-23-20/h4-13,15H,1-3H3. The number of benzene rings is 2. The third-order valence-electron chi connectivity index (χ3n) is 4.85. The van der Waals surface area contributed by atoms with E-state index in [1.165, 1.54) is 11.1 Å². The van der Waals surface area contributed by atoms with Crippen LogP contribution in [0.25, 0.3) is 21.8 Å². The lowest BCUT2D eigenvalue weighted by molar-refractivity contribution is 0.418. The maximum Gasteiger partial charge on any atom is 0.145 e. The highest BCUT2D eigenvalue weighted by atomic mass is 16.5. The van der Waals surface area contributed by atoms with Crippen molar-refractivity contribution >= 4 is 21.8 Å². The maximum absolute atomic E-state index is 5.51. The van der Waals surface area contributed by atoms with Crippen molar-refractivity contribution in [3.63, 3.8) is 0 Å². The number of aryl methyl sites for hydroxylation is 1. The molecule has 0 amide bonds. The van der Waals surface area contributed by atoms with Crippen LogP contribution in [0.2, 0.25) is 0 Å². The van der Waals surface area contributed by atoms with E-state index in [4.69, 9.17) is 9.72 Å². The zero-order valence-corrected chi connectivity index (χ0v) is 14.7. The van der Waals surface area contributed by atoms with Crippen LogP contribution >= 0.6 is 0 Å². The van der Waals surface area contributed by atoms with Gasteiger partial charge in [0.05, 0.1) is 12.6 Å². The highest BCUT2D eigenvalue weighted by Gasteiger charge is 2.14. The Hall–Kier alpha value is -2.94. The molecule has 124 valence electrons. The maximum atomic E-state index is 5.51. The van der Waals surface area contributed by atoms with E-state index in [9.17, 15) is 0 Å². The normalized spacial score (nSPS) is 12.4. The molecule has 0 fully saturated rings. The minimum Gasteiger partial charge on any atom is -0.494 e. The first-order valence-electron chi connectivity index (χ1n) is 8.46. The highest BCUT2D eigenvalue weighted by Crippen LogP contribution is 2.31. The first-order chi connectivity index (χ1) is 12.2. The highest BCUT2D eigenvalue weighted by molar-refractivity contribution is 5.87. The summed E-state index contributed by atoms with van der Waals surface area (Å²) in [5.41, 5.74) is 5.43. The molecule has 0 radical (unpaired) electrons. The summed E-state index contributed by atoms with van der Waals surface area (Å²) in [4.78, 5) is 9.32. The van der Waals surface area contributed by atoms with E-state index in [1.807, 2.05) is 18.3 Å². The smallest absolute Gasteiger partial charge is 0.145 e. The summed E-state index contributed by atoms with van der Waals surface area (Å²) in [6.07, 6.45) is 1.82.